The van der Waals surface area contributed by atoms with Crippen molar-refractivity contribution in [3.05, 3.63) is 76.6 Å². The van der Waals surface area contributed by atoms with E-state index in [9.17, 15) is 0 Å². The summed E-state index contributed by atoms with van der Waals surface area (Å²) in [6.07, 6.45) is 6.66. The first-order chi connectivity index (χ1) is 13.7. The molecule has 148 valence electrons. The van der Waals surface area contributed by atoms with Gasteiger partial charge in [-0.15, -0.1) is 25.3 Å². The summed E-state index contributed by atoms with van der Waals surface area (Å²) >= 11 is 15.1. The van der Waals surface area contributed by atoms with E-state index >= 15 is 0 Å². The molecule has 1 heterocycles. The summed E-state index contributed by atoms with van der Waals surface area (Å²) < 4.78 is 5.10. The van der Waals surface area contributed by atoms with Crippen LogP contribution in [0.5, 0.6) is 0 Å². The normalized spacial score (nSPS) is 11.1. The summed E-state index contributed by atoms with van der Waals surface area (Å²) in [6.45, 7) is 1.80. The lowest BCUT2D eigenvalue weighted by Gasteiger charge is -2.06. The molecule has 0 spiro atoms. The van der Waals surface area contributed by atoms with Crippen LogP contribution in [0.2, 0.25) is 0 Å². The van der Waals surface area contributed by atoms with Gasteiger partial charge in [0.25, 0.3) is 0 Å². The maximum Gasteiger partial charge on any atom is 0.181 e. The maximum absolute atomic E-state index is 5.71. The maximum atomic E-state index is 5.71. The van der Waals surface area contributed by atoms with Gasteiger partial charge < -0.3 is 9.13 Å². The second-order valence-electron chi connectivity index (χ2n) is 7.12. The first-order valence-electron chi connectivity index (χ1n) is 9.96. The zero-order chi connectivity index (χ0) is 19.8. The van der Waals surface area contributed by atoms with Gasteiger partial charge in [-0.1, -0.05) is 60.7 Å². The van der Waals surface area contributed by atoms with Crippen molar-refractivity contribution in [2.75, 3.05) is 0 Å². The second-order valence-corrected chi connectivity index (χ2v) is 8.33. The van der Waals surface area contributed by atoms with Gasteiger partial charge in [-0.25, -0.2) is 0 Å². The number of hydrogen-bond acceptors (Lipinski definition) is 3. The van der Waals surface area contributed by atoms with Crippen molar-refractivity contribution in [1.29, 1.82) is 0 Å². The Kier molecular flexibility index (Phi) is 8.31. The summed E-state index contributed by atoms with van der Waals surface area (Å²) in [5, 5.41) is 1.77. The minimum Gasteiger partial charge on any atom is -0.311 e. The van der Waals surface area contributed by atoms with Crippen LogP contribution in [-0.2, 0) is 25.9 Å². The lowest BCUT2D eigenvalue weighted by Crippen LogP contribution is -2.03. The third kappa shape index (κ3) is 5.79. The van der Waals surface area contributed by atoms with Gasteiger partial charge in [0.15, 0.2) is 4.77 Å². The lowest BCUT2D eigenvalue weighted by molar-refractivity contribution is 0.548. The van der Waals surface area contributed by atoms with E-state index in [4.69, 9.17) is 12.2 Å². The largest absolute Gasteiger partial charge is 0.311 e. The van der Waals surface area contributed by atoms with Gasteiger partial charge in [0.05, 0.1) is 0 Å². The molecule has 0 saturated carbocycles. The van der Waals surface area contributed by atoms with Crippen LogP contribution in [0.4, 0.5) is 0 Å². The number of aryl methyl sites for hydroxylation is 2. The minimum atomic E-state index is 0.842. The molecule has 3 rings (SSSR count). The van der Waals surface area contributed by atoms with Crippen molar-refractivity contribution >= 4 is 37.5 Å². The number of hydrogen-bond donors (Lipinski definition) is 2. The zero-order valence-electron chi connectivity index (χ0n) is 16.1. The molecule has 0 aliphatic carbocycles. The van der Waals surface area contributed by atoms with Crippen LogP contribution in [-0.4, -0.2) is 9.13 Å². The molecule has 0 aliphatic heterocycles. The first-order valence-corrected chi connectivity index (χ1v) is 11.3. The van der Waals surface area contributed by atoms with Gasteiger partial charge >= 0.3 is 0 Å². The molecule has 5 heteroatoms. The topological polar surface area (TPSA) is 9.86 Å². The summed E-state index contributed by atoms with van der Waals surface area (Å²) in [5.41, 5.74) is 2.78. The fraction of sp³-hybridized carbons (Fsp3) is 0.348. The van der Waals surface area contributed by atoms with Gasteiger partial charge in [0, 0.05) is 13.1 Å². The zero-order valence-corrected chi connectivity index (χ0v) is 18.7. The Morgan fingerprint density at radius 2 is 1.00 bits per heavy atom. The molecule has 2 nitrogen and oxygen atoms in total. The number of nitrogens with zero attached hydrogens (tertiary/aromatic N) is 2. The van der Waals surface area contributed by atoms with Gasteiger partial charge in [-0.3, -0.25) is 0 Å². The van der Waals surface area contributed by atoms with Crippen LogP contribution in [0.1, 0.15) is 36.8 Å². The van der Waals surface area contributed by atoms with E-state index in [0.29, 0.717) is 0 Å². The molecule has 0 atom stereocenters. The lowest BCUT2D eigenvalue weighted by atomic mass is 10.1. The highest BCUT2D eigenvalue weighted by atomic mass is 32.1. The molecule has 0 unspecified atom stereocenters. The van der Waals surface area contributed by atoms with Crippen LogP contribution < -0.4 is 0 Å². The summed E-state index contributed by atoms with van der Waals surface area (Å²) in [5.74, 6) is 0. The fourth-order valence-corrected chi connectivity index (χ4v) is 4.59. The molecular weight excluding hydrogens is 400 g/mol. The first kappa shape index (κ1) is 21.3. The van der Waals surface area contributed by atoms with E-state index in [2.05, 4.69) is 95.1 Å². The number of aromatic nitrogens is 2. The Hall–Kier alpha value is -1.43. The van der Waals surface area contributed by atoms with E-state index in [1.807, 2.05) is 0 Å². The summed E-state index contributed by atoms with van der Waals surface area (Å²) in [7, 11) is 0. The standard InChI is InChI=1S/C23H28N2S3/c26-21-22(27)25(18-10-8-16-20-13-5-2-6-14-20)23(28)24(21)17-9-7-15-19-11-3-1-4-12-19/h1-6,11-14,26-27H,7-10,15-18H2. The number of unbranched alkanes of at least 4 members (excludes halogenated alkanes) is 2. The van der Waals surface area contributed by atoms with E-state index in [0.717, 1.165) is 66.4 Å². The third-order valence-electron chi connectivity index (χ3n) is 5.05. The third-order valence-corrected chi connectivity index (χ3v) is 6.58. The molecule has 28 heavy (non-hydrogen) atoms. The van der Waals surface area contributed by atoms with E-state index < -0.39 is 0 Å². The monoisotopic (exact) mass is 428 g/mol. The highest BCUT2D eigenvalue weighted by Gasteiger charge is 2.12. The molecule has 3 aromatic rings. The molecule has 0 N–H and O–H groups in total. The average molecular weight is 429 g/mol. The van der Waals surface area contributed by atoms with Crippen LogP contribution in [0.15, 0.2) is 70.7 Å². The Morgan fingerprint density at radius 3 is 1.39 bits per heavy atom. The highest BCUT2D eigenvalue weighted by molar-refractivity contribution is 7.83. The van der Waals surface area contributed by atoms with E-state index in [1.165, 1.54) is 11.1 Å². The number of rotatable bonds is 10. The molecule has 0 aliphatic rings. The number of thiol groups is 2. The van der Waals surface area contributed by atoms with Crippen LogP contribution >= 0.6 is 37.5 Å². The Morgan fingerprint density at radius 1 is 0.607 bits per heavy atom. The van der Waals surface area contributed by atoms with Crippen molar-refractivity contribution in [2.45, 2.75) is 61.7 Å². The van der Waals surface area contributed by atoms with Crippen molar-refractivity contribution in [2.24, 2.45) is 0 Å². The number of imidazole rings is 1. The van der Waals surface area contributed by atoms with Crippen LogP contribution in [0.25, 0.3) is 0 Å². The Bertz CT molecular complexity index is 840. The molecule has 0 fully saturated rings. The minimum absolute atomic E-state index is 0.842. The van der Waals surface area contributed by atoms with Gasteiger partial charge in [-0.05, 0) is 61.9 Å². The smallest absolute Gasteiger partial charge is 0.181 e. The van der Waals surface area contributed by atoms with Crippen molar-refractivity contribution in [3.63, 3.8) is 0 Å². The predicted octanol–water partition coefficient (Wildman–Crippen LogP) is 6.64. The van der Waals surface area contributed by atoms with Gasteiger partial charge in [-0.2, -0.15) is 0 Å². The summed E-state index contributed by atoms with van der Waals surface area (Å²) in [4.78, 5) is 0. The average Bonchev–Trinajstić information content (AvgIpc) is 2.93. The quantitative estimate of drug-likeness (QED) is 0.209. The predicted molar refractivity (Wildman–Crippen MR) is 127 cm³/mol. The van der Waals surface area contributed by atoms with Crippen molar-refractivity contribution in [1.82, 2.24) is 9.13 Å². The number of benzene rings is 2. The van der Waals surface area contributed by atoms with Crippen molar-refractivity contribution < 1.29 is 0 Å². The summed E-state index contributed by atoms with van der Waals surface area (Å²) in [6, 6.07) is 21.3. The van der Waals surface area contributed by atoms with Gasteiger partial charge in [0.1, 0.15) is 10.1 Å². The van der Waals surface area contributed by atoms with Gasteiger partial charge in [0.2, 0.25) is 0 Å². The fourth-order valence-electron chi connectivity index (χ4n) is 3.46. The second kappa shape index (κ2) is 10.9. The Balaban J connectivity index is 1.50. The van der Waals surface area contributed by atoms with Crippen molar-refractivity contribution in [3.8, 4) is 0 Å². The molecule has 0 bridgehead atoms. The Labute approximate surface area is 184 Å². The SMILES string of the molecule is S=c1n(CCCCc2ccccc2)c(S)c(S)n1CCCCc1ccccc1. The molecule has 0 amide bonds. The molecule has 2 aromatic carbocycles. The van der Waals surface area contributed by atoms with Crippen LogP contribution in [0, 0.1) is 4.77 Å². The van der Waals surface area contributed by atoms with E-state index in [1.54, 1.807) is 0 Å². The molecular formula is C23H28N2S3. The molecule has 0 radical (unpaired) electrons. The molecule has 0 saturated heterocycles. The highest BCUT2D eigenvalue weighted by Crippen LogP contribution is 2.23. The molecule has 1 aromatic heterocycles. The van der Waals surface area contributed by atoms with Crippen LogP contribution in [0.3, 0.4) is 0 Å². The van der Waals surface area contributed by atoms with E-state index in [-0.39, 0.29) is 0 Å².